The van der Waals surface area contributed by atoms with Crippen molar-refractivity contribution in [2.24, 2.45) is 0 Å². The van der Waals surface area contributed by atoms with Crippen molar-refractivity contribution in [3.8, 4) is 66.8 Å². The molecule has 0 fully saturated rings. The van der Waals surface area contributed by atoms with Crippen LogP contribution in [-0.2, 0) is 5.41 Å². The fourth-order valence-electron chi connectivity index (χ4n) is 10.0. The standard InChI is InChI=1S/C63H45NS/c1-63(2)59-39-47(42-14-6-3-7-15-42)26-33-55(59)56-35-32-54(41-60(56)63)64(52-28-22-45(23-29-52)48-27-34-58-57-20-12-13-21-61(57)65-62(58)40-48)53-30-24-46(25-31-53)51-37-49(43-16-8-4-9-17-43)36-50(38-51)44-18-10-5-11-19-44/h3-41H,1-2H3. The molecule has 0 bridgehead atoms. The van der Waals surface area contributed by atoms with Gasteiger partial charge in [-0.05, 0) is 151 Å². The monoisotopic (exact) mass is 847 g/mol. The van der Waals surface area contributed by atoms with Crippen molar-refractivity contribution in [3.05, 3.63) is 248 Å². The lowest BCUT2D eigenvalue weighted by molar-refractivity contribution is 0.660. The molecule has 2 heteroatoms. The Labute approximate surface area is 385 Å². The summed E-state index contributed by atoms with van der Waals surface area (Å²) in [6.45, 7) is 4.76. The predicted octanol–water partition coefficient (Wildman–Crippen LogP) is 18.2. The molecule has 0 N–H and O–H groups in total. The van der Waals surface area contributed by atoms with Crippen LogP contribution in [-0.4, -0.2) is 0 Å². The molecule has 0 unspecified atom stereocenters. The van der Waals surface area contributed by atoms with Gasteiger partial charge >= 0.3 is 0 Å². The molecule has 0 amide bonds. The van der Waals surface area contributed by atoms with Gasteiger partial charge in [0, 0.05) is 42.6 Å². The van der Waals surface area contributed by atoms with Gasteiger partial charge in [0.2, 0.25) is 0 Å². The highest BCUT2D eigenvalue weighted by Gasteiger charge is 2.36. The zero-order chi connectivity index (χ0) is 43.5. The molecular formula is C63H45NS. The quantitative estimate of drug-likeness (QED) is 0.147. The second-order valence-corrected chi connectivity index (χ2v) is 18.8. The Hall–Kier alpha value is -7.78. The molecule has 65 heavy (non-hydrogen) atoms. The molecule has 0 spiro atoms. The number of thiophene rings is 1. The summed E-state index contributed by atoms with van der Waals surface area (Å²) in [6, 6.07) is 87.1. The minimum Gasteiger partial charge on any atom is -0.310 e. The average molecular weight is 848 g/mol. The first-order chi connectivity index (χ1) is 31.9. The highest BCUT2D eigenvalue weighted by molar-refractivity contribution is 7.25. The zero-order valence-electron chi connectivity index (χ0n) is 36.4. The molecule has 0 atom stereocenters. The van der Waals surface area contributed by atoms with E-state index in [-0.39, 0.29) is 5.41 Å². The normalized spacial score (nSPS) is 12.6. The lowest BCUT2D eigenvalue weighted by Gasteiger charge is -2.28. The van der Waals surface area contributed by atoms with Crippen molar-refractivity contribution in [2.75, 3.05) is 4.90 Å². The maximum Gasteiger partial charge on any atom is 0.0465 e. The topological polar surface area (TPSA) is 3.24 Å². The first-order valence-corrected chi connectivity index (χ1v) is 23.3. The zero-order valence-corrected chi connectivity index (χ0v) is 37.2. The van der Waals surface area contributed by atoms with Crippen molar-refractivity contribution in [2.45, 2.75) is 19.3 Å². The van der Waals surface area contributed by atoms with Crippen molar-refractivity contribution in [3.63, 3.8) is 0 Å². The van der Waals surface area contributed by atoms with E-state index in [1.165, 1.54) is 98.1 Å². The van der Waals surface area contributed by atoms with E-state index in [9.17, 15) is 0 Å². The highest BCUT2D eigenvalue weighted by Crippen LogP contribution is 2.52. The number of anilines is 3. The van der Waals surface area contributed by atoms with E-state index in [0.29, 0.717) is 0 Å². The second kappa shape index (κ2) is 15.8. The molecule has 308 valence electrons. The van der Waals surface area contributed by atoms with E-state index in [0.717, 1.165) is 17.1 Å². The van der Waals surface area contributed by atoms with Crippen molar-refractivity contribution >= 4 is 48.6 Å². The Kier molecular flexibility index (Phi) is 9.44. The number of fused-ring (bicyclic) bond motifs is 6. The molecule has 10 aromatic carbocycles. The molecule has 0 aliphatic heterocycles. The Bertz CT molecular complexity index is 3470. The van der Waals surface area contributed by atoms with E-state index in [4.69, 9.17) is 0 Å². The fraction of sp³-hybridized carbons (Fsp3) is 0.0476. The molecule has 12 rings (SSSR count). The van der Waals surface area contributed by atoms with Gasteiger partial charge in [-0.3, -0.25) is 0 Å². The van der Waals surface area contributed by atoms with Gasteiger partial charge < -0.3 is 4.90 Å². The lowest BCUT2D eigenvalue weighted by Crippen LogP contribution is -2.16. The van der Waals surface area contributed by atoms with Crippen LogP contribution in [0.2, 0.25) is 0 Å². The van der Waals surface area contributed by atoms with E-state index in [1.54, 1.807) is 0 Å². The van der Waals surface area contributed by atoms with Gasteiger partial charge in [-0.2, -0.15) is 0 Å². The van der Waals surface area contributed by atoms with E-state index in [1.807, 2.05) is 11.3 Å². The van der Waals surface area contributed by atoms with Crippen LogP contribution >= 0.6 is 11.3 Å². The molecule has 0 saturated carbocycles. The molecule has 11 aromatic rings. The Morgan fingerprint density at radius 3 is 1.28 bits per heavy atom. The van der Waals surface area contributed by atoms with Gasteiger partial charge in [0.1, 0.15) is 0 Å². The third-order valence-corrected chi connectivity index (χ3v) is 14.6. The minimum atomic E-state index is -0.184. The Balaban J connectivity index is 0.951. The van der Waals surface area contributed by atoms with Crippen LogP contribution in [0.15, 0.2) is 237 Å². The van der Waals surface area contributed by atoms with Crippen LogP contribution in [0.5, 0.6) is 0 Å². The molecule has 0 radical (unpaired) electrons. The first kappa shape index (κ1) is 38.9. The van der Waals surface area contributed by atoms with Crippen LogP contribution in [0.4, 0.5) is 17.1 Å². The van der Waals surface area contributed by atoms with Crippen LogP contribution in [0.3, 0.4) is 0 Å². The maximum absolute atomic E-state index is 2.43. The molecule has 1 nitrogen and oxygen atoms in total. The van der Waals surface area contributed by atoms with E-state index in [2.05, 4.69) is 255 Å². The van der Waals surface area contributed by atoms with E-state index >= 15 is 0 Å². The van der Waals surface area contributed by atoms with Crippen LogP contribution < -0.4 is 4.90 Å². The van der Waals surface area contributed by atoms with Gasteiger partial charge in [0.15, 0.2) is 0 Å². The molecular weight excluding hydrogens is 803 g/mol. The van der Waals surface area contributed by atoms with Gasteiger partial charge in [-0.15, -0.1) is 11.3 Å². The van der Waals surface area contributed by atoms with Crippen LogP contribution in [0, 0.1) is 0 Å². The first-order valence-electron chi connectivity index (χ1n) is 22.5. The summed E-state index contributed by atoms with van der Waals surface area (Å²) < 4.78 is 2.65. The fourth-order valence-corrected chi connectivity index (χ4v) is 11.2. The summed E-state index contributed by atoms with van der Waals surface area (Å²) in [4.78, 5) is 2.42. The third kappa shape index (κ3) is 6.95. The second-order valence-electron chi connectivity index (χ2n) is 17.8. The molecule has 1 aliphatic rings. The Morgan fingerprint density at radius 1 is 0.292 bits per heavy atom. The SMILES string of the molecule is CC1(C)c2cc(-c3ccccc3)ccc2-c2ccc(N(c3ccc(-c4cc(-c5ccccc5)cc(-c5ccccc5)c4)cc3)c3ccc(-c4ccc5c(c4)sc4ccccc45)cc3)cc21. The number of nitrogens with zero attached hydrogens (tertiary/aromatic N) is 1. The van der Waals surface area contributed by atoms with Gasteiger partial charge in [0.25, 0.3) is 0 Å². The number of hydrogen-bond acceptors (Lipinski definition) is 2. The largest absolute Gasteiger partial charge is 0.310 e. The van der Waals surface area contributed by atoms with Crippen LogP contribution in [0.25, 0.3) is 86.9 Å². The summed E-state index contributed by atoms with van der Waals surface area (Å²) in [5, 5.41) is 2.65. The third-order valence-electron chi connectivity index (χ3n) is 13.5. The van der Waals surface area contributed by atoms with Crippen molar-refractivity contribution < 1.29 is 0 Å². The van der Waals surface area contributed by atoms with E-state index < -0.39 is 0 Å². The van der Waals surface area contributed by atoms with Crippen molar-refractivity contribution in [1.29, 1.82) is 0 Å². The number of benzene rings is 10. The summed E-state index contributed by atoms with van der Waals surface area (Å²) in [6.07, 6.45) is 0. The smallest absolute Gasteiger partial charge is 0.0465 e. The molecule has 1 heterocycles. The maximum atomic E-state index is 2.43. The highest BCUT2D eigenvalue weighted by atomic mass is 32.1. The Morgan fingerprint density at radius 2 is 0.692 bits per heavy atom. The van der Waals surface area contributed by atoms with Gasteiger partial charge in [-0.1, -0.05) is 178 Å². The molecule has 1 aliphatic carbocycles. The average Bonchev–Trinajstić information content (AvgIpc) is 3.85. The van der Waals surface area contributed by atoms with Gasteiger partial charge in [0.05, 0.1) is 0 Å². The lowest BCUT2D eigenvalue weighted by atomic mass is 9.81. The number of hydrogen-bond donors (Lipinski definition) is 0. The minimum absolute atomic E-state index is 0.184. The molecule has 1 aromatic heterocycles. The van der Waals surface area contributed by atoms with Gasteiger partial charge in [-0.25, -0.2) is 0 Å². The number of rotatable bonds is 8. The molecule has 0 saturated heterocycles. The predicted molar refractivity (Wildman–Crippen MR) is 279 cm³/mol. The van der Waals surface area contributed by atoms with Crippen molar-refractivity contribution in [1.82, 2.24) is 0 Å². The van der Waals surface area contributed by atoms with Crippen LogP contribution in [0.1, 0.15) is 25.0 Å². The summed E-state index contributed by atoms with van der Waals surface area (Å²) in [5.41, 5.74) is 20.6. The summed E-state index contributed by atoms with van der Waals surface area (Å²) >= 11 is 1.87. The summed E-state index contributed by atoms with van der Waals surface area (Å²) in [5.74, 6) is 0. The summed E-state index contributed by atoms with van der Waals surface area (Å²) in [7, 11) is 0.